The first-order valence-corrected chi connectivity index (χ1v) is 9.39. The summed E-state index contributed by atoms with van der Waals surface area (Å²) in [7, 11) is 0. The molecule has 0 amide bonds. The van der Waals surface area contributed by atoms with E-state index < -0.39 is 5.66 Å². The Morgan fingerprint density at radius 2 is 1.96 bits per heavy atom. The molecule has 3 N–H and O–H groups in total. The fourth-order valence-electron chi connectivity index (χ4n) is 4.14. The van der Waals surface area contributed by atoms with Gasteiger partial charge in [0, 0.05) is 38.2 Å². The van der Waals surface area contributed by atoms with E-state index >= 15 is 0 Å². The molecule has 0 atom stereocenters. The van der Waals surface area contributed by atoms with Crippen molar-refractivity contribution in [2.75, 3.05) is 24.5 Å². The van der Waals surface area contributed by atoms with E-state index in [1.165, 1.54) is 6.07 Å². The topological polar surface area (TPSA) is 75.7 Å². The second-order valence-electron chi connectivity index (χ2n) is 7.10. The van der Waals surface area contributed by atoms with Crippen LogP contribution in [0.3, 0.4) is 0 Å². The number of aryl methyl sites for hydroxylation is 1. The fourth-order valence-corrected chi connectivity index (χ4v) is 4.14. The zero-order valence-corrected chi connectivity index (χ0v) is 15.2. The Balaban J connectivity index is 1.64. The first-order chi connectivity index (χ1) is 13.1. The van der Waals surface area contributed by atoms with Gasteiger partial charge in [-0.05, 0) is 37.7 Å². The molecule has 4 rings (SSSR count). The van der Waals surface area contributed by atoms with Crippen LogP contribution in [0.2, 0.25) is 0 Å². The molecule has 2 aliphatic heterocycles. The summed E-state index contributed by atoms with van der Waals surface area (Å²) >= 11 is 0. The van der Waals surface area contributed by atoms with Gasteiger partial charge in [0.1, 0.15) is 17.3 Å². The molecule has 2 aliphatic rings. The maximum atomic E-state index is 14.4. The quantitative estimate of drug-likeness (QED) is 0.860. The van der Waals surface area contributed by atoms with Gasteiger partial charge in [-0.15, -0.1) is 0 Å². The van der Waals surface area contributed by atoms with Crippen molar-refractivity contribution in [3.05, 3.63) is 64.3 Å². The Morgan fingerprint density at radius 3 is 2.74 bits per heavy atom. The van der Waals surface area contributed by atoms with Gasteiger partial charge in [-0.1, -0.05) is 12.1 Å². The van der Waals surface area contributed by atoms with E-state index in [1.54, 1.807) is 29.0 Å². The molecule has 1 aromatic heterocycles. The van der Waals surface area contributed by atoms with Crippen LogP contribution in [0.25, 0.3) is 0 Å². The van der Waals surface area contributed by atoms with Crippen LogP contribution in [-0.2, 0) is 6.54 Å². The van der Waals surface area contributed by atoms with Crippen molar-refractivity contribution < 1.29 is 4.39 Å². The van der Waals surface area contributed by atoms with Crippen molar-refractivity contribution in [3.8, 4) is 0 Å². The van der Waals surface area contributed by atoms with Crippen molar-refractivity contribution >= 4 is 11.5 Å². The number of pyridine rings is 1. The number of benzene rings is 1. The standard InChI is InChI=1S/C20H24FN5O/c21-15-5-3-6-16-18(15)19(22)24-20(8-10-23-11-9-20)26(16)14-4-13-25-12-2-1-7-17(25)27/h1-3,5-7,12,23H,4,8-11,13-14H2,(H2,22,24). The molecule has 1 aromatic carbocycles. The Kier molecular flexibility index (Phi) is 4.70. The SMILES string of the molecule is NC1=NC2(CCNCC2)N(CCCn2ccccc2=O)c2cccc(F)c21. The van der Waals surface area contributed by atoms with Gasteiger partial charge in [0.25, 0.3) is 0 Å². The summed E-state index contributed by atoms with van der Waals surface area (Å²) in [5.74, 6) is -0.0673. The summed E-state index contributed by atoms with van der Waals surface area (Å²) in [5, 5.41) is 3.36. The van der Waals surface area contributed by atoms with Crippen molar-refractivity contribution in [3.63, 3.8) is 0 Å². The van der Waals surface area contributed by atoms with Crippen molar-refractivity contribution in [1.29, 1.82) is 0 Å². The summed E-state index contributed by atoms with van der Waals surface area (Å²) in [4.78, 5) is 18.9. The number of amidine groups is 1. The van der Waals surface area contributed by atoms with Gasteiger partial charge in [-0.3, -0.25) is 4.79 Å². The number of aromatic nitrogens is 1. The van der Waals surface area contributed by atoms with Gasteiger partial charge < -0.3 is 20.5 Å². The summed E-state index contributed by atoms with van der Waals surface area (Å²) in [5.41, 5.74) is 6.90. The third-order valence-electron chi connectivity index (χ3n) is 5.45. The van der Waals surface area contributed by atoms with E-state index in [1.807, 2.05) is 12.1 Å². The Morgan fingerprint density at radius 1 is 1.15 bits per heavy atom. The first-order valence-electron chi connectivity index (χ1n) is 9.39. The highest BCUT2D eigenvalue weighted by molar-refractivity contribution is 6.04. The van der Waals surface area contributed by atoms with Gasteiger partial charge in [-0.2, -0.15) is 0 Å². The van der Waals surface area contributed by atoms with Gasteiger partial charge in [-0.25, -0.2) is 9.38 Å². The maximum Gasteiger partial charge on any atom is 0.250 e. The number of halogens is 1. The van der Waals surface area contributed by atoms with Crippen molar-refractivity contribution in [2.45, 2.75) is 31.5 Å². The molecular weight excluding hydrogens is 345 g/mol. The number of hydrogen-bond acceptors (Lipinski definition) is 5. The van der Waals surface area contributed by atoms with Crippen LogP contribution in [0.4, 0.5) is 10.1 Å². The minimum atomic E-state index is -0.447. The number of hydrogen-bond donors (Lipinski definition) is 2. The molecular formula is C20H24FN5O. The van der Waals surface area contributed by atoms with Gasteiger partial charge in [0.05, 0.1) is 11.3 Å². The van der Waals surface area contributed by atoms with Crippen LogP contribution < -0.4 is 21.5 Å². The predicted octanol–water partition coefficient (Wildman–Crippen LogP) is 1.68. The minimum Gasteiger partial charge on any atom is -0.383 e. The number of rotatable bonds is 4. The largest absolute Gasteiger partial charge is 0.383 e. The average Bonchev–Trinajstić information content (AvgIpc) is 2.66. The highest BCUT2D eigenvalue weighted by Gasteiger charge is 2.42. The van der Waals surface area contributed by atoms with E-state index in [9.17, 15) is 9.18 Å². The molecule has 0 aliphatic carbocycles. The Bertz CT molecular complexity index is 917. The number of anilines is 1. The summed E-state index contributed by atoms with van der Waals surface area (Å²) in [6, 6.07) is 10.2. The van der Waals surface area contributed by atoms with Gasteiger partial charge in [0.15, 0.2) is 0 Å². The van der Waals surface area contributed by atoms with Crippen LogP contribution >= 0.6 is 0 Å². The number of aliphatic imine (C=N–C) groups is 1. The van der Waals surface area contributed by atoms with Crippen molar-refractivity contribution in [2.24, 2.45) is 10.7 Å². The molecule has 1 fully saturated rings. The summed E-state index contributed by atoms with van der Waals surface area (Å²) in [6.45, 7) is 2.97. The van der Waals surface area contributed by atoms with E-state index in [-0.39, 0.29) is 17.2 Å². The zero-order valence-electron chi connectivity index (χ0n) is 15.2. The maximum absolute atomic E-state index is 14.4. The molecule has 142 valence electrons. The predicted molar refractivity (Wildman–Crippen MR) is 105 cm³/mol. The number of fused-ring (bicyclic) bond motifs is 1. The second-order valence-corrected chi connectivity index (χ2v) is 7.10. The van der Waals surface area contributed by atoms with E-state index in [0.29, 0.717) is 18.7 Å². The average molecular weight is 369 g/mol. The van der Waals surface area contributed by atoms with Gasteiger partial charge >= 0.3 is 0 Å². The molecule has 0 saturated carbocycles. The molecule has 0 unspecified atom stereocenters. The minimum absolute atomic E-state index is 0.0126. The lowest BCUT2D eigenvalue weighted by molar-refractivity contribution is 0.292. The molecule has 1 saturated heterocycles. The lowest BCUT2D eigenvalue weighted by Crippen LogP contribution is -2.57. The number of nitrogens with one attached hydrogen (secondary N) is 1. The monoisotopic (exact) mass is 369 g/mol. The Labute approximate surface area is 157 Å². The lowest BCUT2D eigenvalue weighted by atomic mass is 9.91. The van der Waals surface area contributed by atoms with Crippen LogP contribution in [0.1, 0.15) is 24.8 Å². The lowest BCUT2D eigenvalue weighted by Gasteiger charge is -2.48. The normalized spacial score (nSPS) is 18.3. The first kappa shape index (κ1) is 17.7. The van der Waals surface area contributed by atoms with E-state index in [2.05, 4.69) is 10.2 Å². The highest BCUT2D eigenvalue weighted by atomic mass is 19.1. The molecule has 7 heteroatoms. The zero-order chi connectivity index (χ0) is 18.9. The highest BCUT2D eigenvalue weighted by Crippen LogP contribution is 2.39. The molecule has 27 heavy (non-hydrogen) atoms. The smallest absolute Gasteiger partial charge is 0.250 e. The second kappa shape index (κ2) is 7.15. The molecule has 0 bridgehead atoms. The summed E-state index contributed by atoms with van der Waals surface area (Å²) < 4.78 is 16.1. The summed E-state index contributed by atoms with van der Waals surface area (Å²) in [6.07, 6.45) is 4.18. The third-order valence-corrected chi connectivity index (χ3v) is 5.45. The number of nitrogens with zero attached hydrogens (tertiary/aromatic N) is 3. The van der Waals surface area contributed by atoms with Crippen molar-refractivity contribution in [1.82, 2.24) is 9.88 Å². The van der Waals surface area contributed by atoms with Crippen LogP contribution in [0.15, 0.2) is 52.4 Å². The van der Waals surface area contributed by atoms with E-state index in [4.69, 9.17) is 10.7 Å². The molecule has 1 spiro atoms. The van der Waals surface area contributed by atoms with Gasteiger partial charge in [0.2, 0.25) is 5.56 Å². The van der Waals surface area contributed by atoms with E-state index in [0.717, 1.165) is 38.0 Å². The third kappa shape index (κ3) is 3.23. The number of piperidine rings is 1. The number of nitrogens with two attached hydrogens (primary N) is 1. The fraction of sp³-hybridized carbons (Fsp3) is 0.400. The molecule has 0 radical (unpaired) electrons. The Hall–Kier alpha value is -2.67. The van der Waals surface area contributed by atoms with Crippen LogP contribution in [0, 0.1) is 5.82 Å². The molecule has 2 aromatic rings. The van der Waals surface area contributed by atoms with Crippen LogP contribution in [-0.4, -0.2) is 35.7 Å². The molecule has 6 nitrogen and oxygen atoms in total. The van der Waals surface area contributed by atoms with Crippen LogP contribution in [0.5, 0.6) is 0 Å². The molecule has 3 heterocycles.